The van der Waals surface area contributed by atoms with E-state index in [2.05, 4.69) is 67.9 Å². The summed E-state index contributed by atoms with van der Waals surface area (Å²) in [4.78, 5) is 4.61. The predicted molar refractivity (Wildman–Crippen MR) is 77.4 cm³/mol. The predicted octanol–water partition coefficient (Wildman–Crippen LogP) is 3.60. The summed E-state index contributed by atoms with van der Waals surface area (Å²) in [5.74, 6) is 0. The molecule has 1 aromatic heterocycles. The van der Waals surface area contributed by atoms with Crippen LogP contribution in [0.25, 0.3) is 11.3 Å². The van der Waals surface area contributed by atoms with Gasteiger partial charge in [0, 0.05) is 11.8 Å². The third-order valence-electron chi connectivity index (χ3n) is 3.05. The largest absolute Gasteiger partial charge is 0.256 e. The first-order chi connectivity index (χ1) is 7.98. The first-order valence-electron chi connectivity index (χ1n) is 6.01. The van der Waals surface area contributed by atoms with Gasteiger partial charge in [0.1, 0.15) is 0 Å². The van der Waals surface area contributed by atoms with Gasteiger partial charge in [0.15, 0.2) is 0 Å². The van der Waals surface area contributed by atoms with Crippen LogP contribution in [0.3, 0.4) is 0 Å². The average Bonchev–Trinajstić information content (AvgIpc) is 2.29. The molecule has 0 bridgehead atoms. The Morgan fingerprint density at radius 1 is 0.941 bits per heavy atom. The maximum Gasteiger partial charge on any atom is 0.0796 e. The molecule has 0 saturated heterocycles. The van der Waals surface area contributed by atoms with E-state index in [1.807, 2.05) is 6.20 Å². The molecule has 0 amide bonds. The number of rotatable bonds is 2. The van der Waals surface area contributed by atoms with Gasteiger partial charge in [-0.2, -0.15) is 0 Å². The second-order valence-corrected chi connectivity index (χ2v) is 10.6. The standard InChI is InChI=1S/C15H19NSi/c1-12-7-5-6-8-14(12)15-10-9-13(11-16-15)17(2,3)4/h5-11H,1-4H3. The molecular weight excluding hydrogens is 222 g/mol. The Labute approximate surface area is 105 Å². The number of hydrogen-bond acceptors (Lipinski definition) is 1. The normalized spacial score (nSPS) is 11.5. The molecule has 1 nitrogen and oxygen atoms in total. The molecule has 2 rings (SSSR count). The maximum atomic E-state index is 4.61. The van der Waals surface area contributed by atoms with Crippen molar-refractivity contribution in [3.05, 3.63) is 48.2 Å². The molecule has 0 fully saturated rings. The van der Waals surface area contributed by atoms with Gasteiger partial charge in [0.25, 0.3) is 0 Å². The smallest absolute Gasteiger partial charge is 0.0796 e. The van der Waals surface area contributed by atoms with E-state index in [-0.39, 0.29) is 0 Å². The molecule has 0 atom stereocenters. The number of hydrogen-bond donors (Lipinski definition) is 0. The Balaban J connectivity index is 2.40. The summed E-state index contributed by atoms with van der Waals surface area (Å²) in [5, 5.41) is 1.41. The minimum Gasteiger partial charge on any atom is -0.256 e. The first-order valence-corrected chi connectivity index (χ1v) is 9.51. The fourth-order valence-corrected chi connectivity index (χ4v) is 2.89. The van der Waals surface area contributed by atoms with Crippen LogP contribution >= 0.6 is 0 Å². The summed E-state index contributed by atoms with van der Waals surface area (Å²) in [6.07, 6.45) is 2.05. The van der Waals surface area contributed by atoms with Crippen molar-refractivity contribution in [3.8, 4) is 11.3 Å². The Kier molecular flexibility index (Phi) is 3.16. The maximum absolute atomic E-state index is 4.61. The minimum absolute atomic E-state index is 1.07. The molecule has 2 heteroatoms. The highest BCUT2D eigenvalue weighted by Crippen LogP contribution is 2.20. The number of aryl methyl sites for hydroxylation is 1. The topological polar surface area (TPSA) is 12.9 Å². The lowest BCUT2D eigenvalue weighted by atomic mass is 10.1. The molecule has 0 aliphatic heterocycles. The van der Waals surface area contributed by atoms with Gasteiger partial charge in [-0.15, -0.1) is 0 Å². The third kappa shape index (κ3) is 2.64. The summed E-state index contributed by atoms with van der Waals surface area (Å²) in [6.45, 7) is 9.16. The quantitative estimate of drug-likeness (QED) is 0.732. The van der Waals surface area contributed by atoms with Crippen molar-refractivity contribution >= 4 is 13.3 Å². The Morgan fingerprint density at radius 3 is 2.18 bits per heavy atom. The lowest BCUT2D eigenvalue weighted by molar-refractivity contribution is 1.31. The zero-order valence-electron chi connectivity index (χ0n) is 11.0. The van der Waals surface area contributed by atoms with E-state index >= 15 is 0 Å². The molecule has 0 unspecified atom stereocenters. The van der Waals surface area contributed by atoms with Crippen LogP contribution in [-0.4, -0.2) is 13.1 Å². The van der Waals surface area contributed by atoms with Crippen molar-refractivity contribution in [2.75, 3.05) is 0 Å². The minimum atomic E-state index is -1.23. The summed E-state index contributed by atoms with van der Waals surface area (Å²) < 4.78 is 0. The van der Waals surface area contributed by atoms with Crippen LogP contribution in [-0.2, 0) is 0 Å². The summed E-state index contributed by atoms with van der Waals surface area (Å²) >= 11 is 0. The monoisotopic (exact) mass is 241 g/mol. The fourth-order valence-electron chi connectivity index (χ4n) is 1.86. The van der Waals surface area contributed by atoms with Crippen molar-refractivity contribution in [3.63, 3.8) is 0 Å². The summed E-state index contributed by atoms with van der Waals surface area (Å²) in [5.41, 5.74) is 3.58. The van der Waals surface area contributed by atoms with Gasteiger partial charge in [-0.05, 0) is 23.7 Å². The molecule has 88 valence electrons. The van der Waals surface area contributed by atoms with E-state index in [1.54, 1.807) is 0 Å². The van der Waals surface area contributed by atoms with Crippen LogP contribution < -0.4 is 5.19 Å². The molecule has 0 saturated carbocycles. The highest BCUT2D eigenvalue weighted by Gasteiger charge is 2.16. The molecule has 0 aliphatic rings. The van der Waals surface area contributed by atoms with E-state index < -0.39 is 8.07 Å². The molecule has 0 spiro atoms. The highest BCUT2D eigenvalue weighted by atomic mass is 28.3. The van der Waals surface area contributed by atoms with Crippen molar-refractivity contribution in [2.24, 2.45) is 0 Å². The number of aromatic nitrogens is 1. The van der Waals surface area contributed by atoms with Gasteiger partial charge in [0.05, 0.1) is 13.8 Å². The zero-order chi connectivity index (χ0) is 12.5. The second kappa shape index (κ2) is 4.45. The van der Waals surface area contributed by atoms with E-state index in [0.29, 0.717) is 0 Å². The van der Waals surface area contributed by atoms with Crippen LogP contribution in [0.5, 0.6) is 0 Å². The van der Waals surface area contributed by atoms with Gasteiger partial charge in [-0.25, -0.2) is 0 Å². The number of benzene rings is 1. The first kappa shape index (κ1) is 12.1. The molecular formula is C15H19NSi. The Hall–Kier alpha value is -1.41. The lowest BCUT2D eigenvalue weighted by Gasteiger charge is -2.16. The average molecular weight is 241 g/mol. The van der Waals surface area contributed by atoms with Gasteiger partial charge in [0.2, 0.25) is 0 Å². The van der Waals surface area contributed by atoms with Gasteiger partial charge >= 0.3 is 0 Å². The fraction of sp³-hybridized carbons (Fsp3) is 0.267. The van der Waals surface area contributed by atoms with Crippen LogP contribution in [0.4, 0.5) is 0 Å². The number of nitrogens with zero attached hydrogens (tertiary/aromatic N) is 1. The SMILES string of the molecule is Cc1ccccc1-c1ccc([Si](C)(C)C)cn1. The van der Waals surface area contributed by atoms with E-state index in [9.17, 15) is 0 Å². The molecule has 1 heterocycles. The van der Waals surface area contributed by atoms with Gasteiger partial charge in [-0.1, -0.05) is 50.0 Å². The molecule has 2 aromatic rings. The van der Waals surface area contributed by atoms with Crippen molar-refractivity contribution in [1.82, 2.24) is 4.98 Å². The Morgan fingerprint density at radius 2 is 1.65 bits per heavy atom. The molecule has 0 aliphatic carbocycles. The molecule has 0 N–H and O–H groups in total. The van der Waals surface area contributed by atoms with Crippen LogP contribution in [0.2, 0.25) is 19.6 Å². The van der Waals surface area contributed by atoms with E-state index in [0.717, 1.165) is 5.69 Å². The van der Waals surface area contributed by atoms with Crippen LogP contribution in [0.1, 0.15) is 5.56 Å². The van der Waals surface area contributed by atoms with Crippen molar-refractivity contribution < 1.29 is 0 Å². The van der Waals surface area contributed by atoms with E-state index in [4.69, 9.17) is 0 Å². The number of pyridine rings is 1. The molecule has 0 radical (unpaired) electrons. The molecule has 17 heavy (non-hydrogen) atoms. The molecule has 1 aromatic carbocycles. The van der Waals surface area contributed by atoms with Crippen LogP contribution in [0, 0.1) is 6.92 Å². The highest BCUT2D eigenvalue weighted by molar-refractivity contribution is 6.88. The van der Waals surface area contributed by atoms with E-state index in [1.165, 1.54) is 16.3 Å². The van der Waals surface area contributed by atoms with Crippen molar-refractivity contribution in [2.45, 2.75) is 26.6 Å². The summed E-state index contributed by atoms with van der Waals surface area (Å²) in [6, 6.07) is 12.8. The van der Waals surface area contributed by atoms with Gasteiger partial charge in [-0.3, -0.25) is 4.98 Å². The van der Waals surface area contributed by atoms with Crippen LogP contribution in [0.15, 0.2) is 42.6 Å². The third-order valence-corrected chi connectivity index (χ3v) is 5.08. The van der Waals surface area contributed by atoms with Crippen molar-refractivity contribution in [1.29, 1.82) is 0 Å². The Bertz CT molecular complexity index is 509. The second-order valence-electron chi connectivity index (χ2n) is 5.50. The van der Waals surface area contributed by atoms with Gasteiger partial charge < -0.3 is 0 Å². The summed E-state index contributed by atoms with van der Waals surface area (Å²) in [7, 11) is -1.23. The lowest BCUT2D eigenvalue weighted by Crippen LogP contribution is -2.37. The zero-order valence-corrected chi connectivity index (χ0v) is 12.0.